The van der Waals surface area contributed by atoms with Gasteiger partial charge in [0.25, 0.3) is 0 Å². The van der Waals surface area contributed by atoms with Crippen molar-refractivity contribution in [2.24, 2.45) is 17.3 Å². The fourth-order valence-corrected chi connectivity index (χ4v) is 7.11. The van der Waals surface area contributed by atoms with Gasteiger partial charge < -0.3 is 0 Å². The van der Waals surface area contributed by atoms with Crippen LogP contribution in [-0.2, 0) is 4.79 Å². The Balaban J connectivity index is 1.66. The van der Waals surface area contributed by atoms with Crippen molar-refractivity contribution in [2.75, 3.05) is 0 Å². The van der Waals surface area contributed by atoms with Gasteiger partial charge in [-0.2, -0.15) is 0 Å². The molecule has 3 aliphatic rings. The van der Waals surface area contributed by atoms with Crippen molar-refractivity contribution < 1.29 is 4.79 Å². The molecule has 3 aliphatic carbocycles. The number of allylic oxidation sites excluding steroid dienone is 8. The predicted octanol–water partition coefficient (Wildman–Crippen LogP) is 11.4. The molecule has 1 heteroatoms. The first kappa shape index (κ1) is 30.2. The van der Waals surface area contributed by atoms with E-state index in [0.717, 1.165) is 37.2 Å². The largest absolute Gasteiger partial charge is 0.293 e. The van der Waals surface area contributed by atoms with Gasteiger partial charge in [-0.25, -0.2) is 0 Å². The predicted molar refractivity (Wildman–Crippen MR) is 162 cm³/mol. The fourth-order valence-electron chi connectivity index (χ4n) is 7.11. The number of carbonyl (C=O) groups is 1. The zero-order chi connectivity index (χ0) is 26.8. The molecule has 0 N–H and O–H groups in total. The normalized spacial score (nSPS) is 22.1. The Hall–Kier alpha value is -1.37. The highest BCUT2D eigenvalue weighted by Crippen LogP contribution is 2.55. The first-order valence-electron chi connectivity index (χ1n) is 16.1. The Morgan fingerprint density at radius 3 is 1.95 bits per heavy atom. The number of Topliss-reactive ketones (excluding diaryl/α,β-unsaturated/α-hetero) is 1. The highest BCUT2D eigenvalue weighted by atomic mass is 16.1. The van der Waals surface area contributed by atoms with Crippen molar-refractivity contribution >= 4 is 5.78 Å². The van der Waals surface area contributed by atoms with Gasteiger partial charge in [-0.15, -0.1) is 0 Å². The maximum Gasteiger partial charge on any atom is 0.173 e. The van der Waals surface area contributed by atoms with Crippen molar-refractivity contribution in [3.05, 3.63) is 45.6 Å². The lowest BCUT2D eigenvalue weighted by Crippen LogP contribution is -2.37. The van der Waals surface area contributed by atoms with Gasteiger partial charge in [0, 0.05) is 5.57 Å². The molecular formula is C36H58O. The minimum atomic E-state index is -0.278. The van der Waals surface area contributed by atoms with Crippen molar-refractivity contribution in [2.45, 2.75) is 157 Å². The summed E-state index contributed by atoms with van der Waals surface area (Å²) in [6.07, 6.45) is 27.4. The van der Waals surface area contributed by atoms with Crippen LogP contribution in [0.3, 0.4) is 0 Å². The SMILES string of the molecule is CCCCCCCCCCCCC1(CCC(C)CCCC(C)C)C(=O)C2=C(CC(C)=C2)C2=C1C=C(C)C2. The van der Waals surface area contributed by atoms with Gasteiger partial charge in [0.1, 0.15) is 0 Å². The minimum Gasteiger partial charge on any atom is -0.293 e. The third kappa shape index (κ3) is 8.06. The Bertz CT molecular complexity index is 892. The quantitative estimate of drug-likeness (QED) is 0.169. The minimum absolute atomic E-state index is 0.278. The number of hydrogen-bond acceptors (Lipinski definition) is 1. The molecule has 1 nitrogen and oxygen atoms in total. The Kier molecular flexibility index (Phi) is 12.0. The van der Waals surface area contributed by atoms with E-state index in [1.165, 1.54) is 118 Å². The molecule has 0 aliphatic heterocycles. The molecule has 2 atom stereocenters. The molecule has 0 spiro atoms. The monoisotopic (exact) mass is 506 g/mol. The lowest BCUT2D eigenvalue weighted by molar-refractivity contribution is -0.123. The second-order valence-corrected chi connectivity index (χ2v) is 13.4. The standard InChI is InChI=1S/C36H58O/c1-7-8-9-10-11-12-13-14-15-16-21-36(22-20-28(4)19-17-18-27(2)3)34-26-30(6)24-32(34)31-23-29(5)25-33(31)35(36)37/h25-28H,7-24H2,1-6H3. The molecule has 0 aromatic carbocycles. The summed E-state index contributed by atoms with van der Waals surface area (Å²) in [5, 5.41) is 0. The molecule has 0 aromatic heterocycles. The van der Waals surface area contributed by atoms with Crippen LogP contribution in [0.2, 0.25) is 0 Å². The van der Waals surface area contributed by atoms with Crippen LogP contribution in [0.4, 0.5) is 0 Å². The summed E-state index contributed by atoms with van der Waals surface area (Å²) in [6, 6.07) is 0. The number of carbonyl (C=O) groups excluding carboxylic acids is 1. The molecule has 0 amide bonds. The molecule has 0 saturated heterocycles. The van der Waals surface area contributed by atoms with E-state index in [4.69, 9.17) is 0 Å². The maximum atomic E-state index is 14.4. The molecule has 0 heterocycles. The summed E-state index contributed by atoms with van der Waals surface area (Å²) in [5.41, 5.74) is 7.95. The Morgan fingerprint density at radius 1 is 0.703 bits per heavy atom. The van der Waals surface area contributed by atoms with Crippen LogP contribution in [0.1, 0.15) is 157 Å². The molecule has 3 rings (SSSR count). The van der Waals surface area contributed by atoms with E-state index in [1.807, 2.05) is 0 Å². The number of ketones is 1. The van der Waals surface area contributed by atoms with E-state index in [1.54, 1.807) is 0 Å². The first-order valence-corrected chi connectivity index (χ1v) is 16.1. The topological polar surface area (TPSA) is 17.1 Å². The molecule has 37 heavy (non-hydrogen) atoms. The number of hydrogen-bond donors (Lipinski definition) is 0. The zero-order valence-electron chi connectivity index (χ0n) is 25.4. The second kappa shape index (κ2) is 14.7. The number of fused-ring (bicyclic) bond motifs is 1. The van der Waals surface area contributed by atoms with Crippen LogP contribution in [0.5, 0.6) is 0 Å². The van der Waals surface area contributed by atoms with Crippen molar-refractivity contribution in [3.8, 4) is 0 Å². The molecule has 0 saturated carbocycles. The highest BCUT2D eigenvalue weighted by molar-refractivity contribution is 6.09. The van der Waals surface area contributed by atoms with Crippen LogP contribution in [0.25, 0.3) is 0 Å². The van der Waals surface area contributed by atoms with E-state index in [2.05, 4.69) is 53.7 Å². The highest BCUT2D eigenvalue weighted by Gasteiger charge is 2.48. The van der Waals surface area contributed by atoms with Crippen LogP contribution in [0, 0.1) is 17.3 Å². The van der Waals surface area contributed by atoms with Crippen molar-refractivity contribution in [3.63, 3.8) is 0 Å². The summed E-state index contributed by atoms with van der Waals surface area (Å²) < 4.78 is 0. The van der Waals surface area contributed by atoms with Gasteiger partial charge in [-0.3, -0.25) is 4.79 Å². The van der Waals surface area contributed by atoms with E-state index in [-0.39, 0.29) is 5.41 Å². The lowest BCUT2D eigenvalue weighted by Gasteiger charge is -2.39. The van der Waals surface area contributed by atoms with Gasteiger partial charge in [0.05, 0.1) is 5.41 Å². The van der Waals surface area contributed by atoms with Gasteiger partial charge in [-0.05, 0) is 74.5 Å². The van der Waals surface area contributed by atoms with Gasteiger partial charge in [0.2, 0.25) is 0 Å². The van der Waals surface area contributed by atoms with Crippen LogP contribution < -0.4 is 0 Å². The summed E-state index contributed by atoms with van der Waals surface area (Å²) in [5.74, 6) is 1.95. The molecule has 2 unspecified atom stereocenters. The first-order chi connectivity index (χ1) is 17.8. The molecule has 0 bridgehead atoms. The van der Waals surface area contributed by atoms with Gasteiger partial charge in [0.15, 0.2) is 5.78 Å². The molecule has 0 radical (unpaired) electrons. The molecular weight excluding hydrogens is 448 g/mol. The van der Waals surface area contributed by atoms with E-state index in [9.17, 15) is 4.79 Å². The summed E-state index contributed by atoms with van der Waals surface area (Å²) in [6.45, 7) is 13.9. The van der Waals surface area contributed by atoms with Gasteiger partial charge in [-0.1, -0.05) is 134 Å². The summed E-state index contributed by atoms with van der Waals surface area (Å²) in [7, 11) is 0. The third-order valence-corrected chi connectivity index (χ3v) is 9.40. The molecule has 0 fully saturated rings. The average Bonchev–Trinajstić information content (AvgIpc) is 3.44. The zero-order valence-corrected chi connectivity index (χ0v) is 25.4. The van der Waals surface area contributed by atoms with Crippen molar-refractivity contribution in [1.82, 2.24) is 0 Å². The van der Waals surface area contributed by atoms with Crippen LogP contribution in [-0.4, -0.2) is 5.78 Å². The molecule has 208 valence electrons. The lowest BCUT2D eigenvalue weighted by atomic mass is 9.62. The Labute approximate surface area is 230 Å². The maximum absolute atomic E-state index is 14.4. The van der Waals surface area contributed by atoms with E-state index in [0.29, 0.717) is 11.7 Å². The summed E-state index contributed by atoms with van der Waals surface area (Å²) in [4.78, 5) is 14.4. The van der Waals surface area contributed by atoms with Crippen LogP contribution in [0.15, 0.2) is 45.6 Å². The second-order valence-electron chi connectivity index (χ2n) is 13.4. The van der Waals surface area contributed by atoms with Gasteiger partial charge >= 0.3 is 0 Å². The number of unbranched alkanes of at least 4 members (excludes halogenated alkanes) is 9. The Morgan fingerprint density at radius 2 is 1.30 bits per heavy atom. The fraction of sp³-hybridized carbons (Fsp3) is 0.750. The van der Waals surface area contributed by atoms with Crippen LogP contribution >= 0.6 is 0 Å². The summed E-state index contributed by atoms with van der Waals surface area (Å²) >= 11 is 0. The number of rotatable bonds is 18. The van der Waals surface area contributed by atoms with E-state index >= 15 is 0 Å². The van der Waals surface area contributed by atoms with Crippen molar-refractivity contribution in [1.29, 1.82) is 0 Å². The van der Waals surface area contributed by atoms with E-state index < -0.39 is 0 Å². The average molecular weight is 507 g/mol. The third-order valence-electron chi connectivity index (χ3n) is 9.40. The molecule has 0 aromatic rings. The smallest absolute Gasteiger partial charge is 0.173 e.